The molecule has 0 unspecified atom stereocenters. The minimum atomic E-state index is -0.808. The second-order valence-electron chi connectivity index (χ2n) is 3.61. The van der Waals surface area contributed by atoms with Crippen LogP contribution in [0, 0.1) is 0 Å². The van der Waals surface area contributed by atoms with Crippen LogP contribution >= 0.6 is 11.3 Å². The lowest BCUT2D eigenvalue weighted by molar-refractivity contribution is -0.136. The maximum Gasteiger partial charge on any atom is 0.309 e. The Balaban J connectivity index is 2.29. The summed E-state index contributed by atoms with van der Waals surface area (Å²) in [6.45, 7) is 2.19. The molecule has 4 heteroatoms. The Morgan fingerprint density at radius 2 is 2.27 bits per heavy atom. The van der Waals surface area contributed by atoms with E-state index in [1.807, 2.05) is 5.38 Å². The van der Waals surface area contributed by atoms with Crippen LogP contribution in [0.3, 0.4) is 0 Å². The zero-order valence-electron chi connectivity index (χ0n) is 9.03. The topological polar surface area (TPSA) is 50.2 Å². The van der Waals surface area contributed by atoms with E-state index < -0.39 is 5.97 Å². The summed E-state index contributed by atoms with van der Waals surface area (Å²) in [6.07, 6.45) is 5.95. The molecule has 1 heterocycles. The zero-order chi connectivity index (χ0) is 11.1. The number of aliphatic carboxylic acids is 1. The van der Waals surface area contributed by atoms with E-state index in [4.69, 9.17) is 5.11 Å². The maximum absolute atomic E-state index is 10.4. The van der Waals surface area contributed by atoms with Crippen LogP contribution in [0.2, 0.25) is 0 Å². The van der Waals surface area contributed by atoms with Crippen molar-refractivity contribution in [2.45, 2.75) is 45.4 Å². The molecular weight excluding hydrogens is 210 g/mol. The summed E-state index contributed by atoms with van der Waals surface area (Å²) in [5.74, 6) is -0.808. The number of hydrogen-bond donors (Lipinski definition) is 1. The molecular formula is C11H17NO2S. The molecule has 0 bridgehead atoms. The number of aryl methyl sites for hydroxylation is 1. The summed E-state index contributed by atoms with van der Waals surface area (Å²) in [5.41, 5.74) is 0.693. The molecule has 0 amide bonds. The van der Waals surface area contributed by atoms with Crippen molar-refractivity contribution in [1.29, 1.82) is 0 Å². The van der Waals surface area contributed by atoms with Gasteiger partial charge in [-0.1, -0.05) is 26.2 Å². The third-order valence-electron chi connectivity index (χ3n) is 2.18. The van der Waals surface area contributed by atoms with E-state index in [0.29, 0.717) is 5.69 Å². The first kappa shape index (κ1) is 12.2. The molecule has 15 heavy (non-hydrogen) atoms. The summed E-state index contributed by atoms with van der Waals surface area (Å²) in [6, 6.07) is 0. The molecule has 0 aliphatic heterocycles. The number of rotatable bonds is 7. The van der Waals surface area contributed by atoms with Crippen molar-refractivity contribution in [3.8, 4) is 0 Å². The van der Waals surface area contributed by atoms with Gasteiger partial charge in [-0.05, 0) is 12.8 Å². The number of unbranched alkanes of at least 4 members (excludes halogenated alkanes) is 3. The Morgan fingerprint density at radius 3 is 2.93 bits per heavy atom. The summed E-state index contributed by atoms with van der Waals surface area (Å²) in [4.78, 5) is 14.7. The van der Waals surface area contributed by atoms with E-state index in [9.17, 15) is 4.79 Å². The van der Waals surface area contributed by atoms with Crippen molar-refractivity contribution in [2.75, 3.05) is 0 Å². The average Bonchev–Trinajstić information content (AvgIpc) is 2.59. The molecule has 1 N–H and O–H groups in total. The molecule has 0 saturated heterocycles. The molecule has 0 atom stereocenters. The lowest BCUT2D eigenvalue weighted by Gasteiger charge is -1.95. The van der Waals surface area contributed by atoms with E-state index in [2.05, 4.69) is 11.9 Å². The van der Waals surface area contributed by atoms with Gasteiger partial charge in [0.25, 0.3) is 0 Å². The molecule has 84 valence electrons. The van der Waals surface area contributed by atoms with Crippen LogP contribution in [-0.4, -0.2) is 16.1 Å². The second kappa shape index (κ2) is 6.56. The highest BCUT2D eigenvalue weighted by molar-refractivity contribution is 7.09. The Bertz CT molecular complexity index is 309. The Morgan fingerprint density at radius 1 is 1.47 bits per heavy atom. The fourth-order valence-corrected chi connectivity index (χ4v) is 2.24. The molecule has 3 nitrogen and oxygen atoms in total. The van der Waals surface area contributed by atoms with Gasteiger partial charge in [-0.2, -0.15) is 0 Å². The van der Waals surface area contributed by atoms with Crippen LogP contribution in [0.4, 0.5) is 0 Å². The highest BCUT2D eigenvalue weighted by Crippen LogP contribution is 2.14. The van der Waals surface area contributed by atoms with Crippen LogP contribution in [0.25, 0.3) is 0 Å². The fourth-order valence-electron chi connectivity index (χ4n) is 1.40. The third kappa shape index (κ3) is 4.93. The smallest absolute Gasteiger partial charge is 0.309 e. The van der Waals surface area contributed by atoms with Gasteiger partial charge in [0, 0.05) is 5.38 Å². The van der Waals surface area contributed by atoms with Gasteiger partial charge < -0.3 is 5.11 Å². The van der Waals surface area contributed by atoms with E-state index in [1.54, 1.807) is 11.3 Å². The Hall–Kier alpha value is -0.900. The monoisotopic (exact) mass is 227 g/mol. The van der Waals surface area contributed by atoms with Crippen LogP contribution in [0.15, 0.2) is 5.38 Å². The molecule has 1 aromatic rings. The summed E-state index contributed by atoms with van der Waals surface area (Å²) in [7, 11) is 0. The maximum atomic E-state index is 10.4. The van der Waals surface area contributed by atoms with Crippen LogP contribution in [0.5, 0.6) is 0 Å². The van der Waals surface area contributed by atoms with Crippen molar-refractivity contribution in [1.82, 2.24) is 4.98 Å². The average molecular weight is 227 g/mol. The van der Waals surface area contributed by atoms with E-state index in [1.165, 1.54) is 19.3 Å². The molecule has 0 aliphatic carbocycles. The Labute approximate surface area is 94.2 Å². The van der Waals surface area contributed by atoms with E-state index in [0.717, 1.165) is 17.8 Å². The highest BCUT2D eigenvalue weighted by atomic mass is 32.1. The molecule has 0 saturated carbocycles. The SMILES string of the molecule is CCCCCCc1nc(CC(=O)O)cs1. The molecule has 0 spiro atoms. The molecule has 0 aromatic carbocycles. The standard InChI is InChI=1S/C11H17NO2S/c1-2-3-4-5-6-10-12-9(8-15-10)7-11(13)14/h8H,2-7H2,1H3,(H,13,14). The normalized spacial score (nSPS) is 10.5. The predicted octanol–water partition coefficient (Wildman–Crippen LogP) is 2.89. The van der Waals surface area contributed by atoms with Gasteiger partial charge in [-0.3, -0.25) is 4.79 Å². The number of carboxylic acid groups (broad SMARTS) is 1. The fraction of sp³-hybridized carbons (Fsp3) is 0.636. The van der Waals surface area contributed by atoms with Crippen molar-refractivity contribution in [3.63, 3.8) is 0 Å². The molecule has 0 fully saturated rings. The van der Waals surface area contributed by atoms with Crippen molar-refractivity contribution >= 4 is 17.3 Å². The quantitative estimate of drug-likeness (QED) is 0.729. The molecule has 1 aromatic heterocycles. The summed E-state index contributed by atoms with van der Waals surface area (Å²) < 4.78 is 0. The third-order valence-corrected chi connectivity index (χ3v) is 3.13. The summed E-state index contributed by atoms with van der Waals surface area (Å²) in [5, 5.41) is 11.5. The minimum Gasteiger partial charge on any atom is -0.481 e. The largest absolute Gasteiger partial charge is 0.481 e. The van der Waals surface area contributed by atoms with Gasteiger partial charge in [-0.15, -0.1) is 11.3 Å². The number of carbonyl (C=O) groups is 1. The first-order valence-electron chi connectivity index (χ1n) is 5.37. The lowest BCUT2D eigenvalue weighted by atomic mass is 10.2. The second-order valence-corrected chi connectivity index (χ2v) is 4.56. The lowest BCUT2D eigenvalue weighted by Crippen LogP contribution is -2.00. The first-order valence-corrected chi connectivity index (χ1v) is 6.25. The van der Waals surface area contributed by atoms with Gasteiger partial charge in [0.05, 0.1) is 17.1 Å². The van der Waals surface area contributed by atoms with Crippen molar-refractivity contribution < 1.29 is 9.90 Å². The van der Waals surface area contributed by atoms with Gasteiger partial charge >= 0.3 is 5.97 Å². The number of aromatic nitrogens is 1. The van der Waals surface area contributed by atoms with Gasteiger partial charge in [0.1, 0.15) is 0 Å². The van der Waals surface area contributed by atoms with Crippen molar-refractivity contribution in [3.05, 3.63) is 16.1 Å². The zero-order valence-corrected chi connectivity index (χ0v) is 9.85. The Kier molecular flexibility index (Phi) is 5.32. The first-order chi connectivity index (χ1) is 7.22. The van der Waals surface area contributed by atoms with Crippen LogP contribution in [-0.2, 0) is 17.6 Å². The number of nitrogens with zero attached hydrogens (tertiary/aromatic N) is 1. The number of hydrogen-bond acceptors (Lipinski definition) is 3. The predicted molar refractivity (Wildman–Crippen MR) is 61.3 cm³/mol. The highest BCUT2D eigenvalue weighted by Gasteiger charge is 2.05. The van der Waals surface area contributed by atoms with Crippen LogP contribution < -0.4 is 0 Å². The van der Waals surface area contributed by atoms with E-state index >= 15 is 0 Å². The molecule has 1 rings (SSSR count). The molecule has 0 aliphatic rings. The minimum absolute atomic E-state index is 0.0471. The molecule has 0 radical (unpaired) electrons. The number of carboxylic acids is 1. The van der Waals surface area contributed by atoms with Crippen molar-refractivity contribution in [2.24, 2.45) is 0 Å². The van der Waals surface area contributed by atoms with Gasteiger partial charge in [0.15, 0.2) is 0 Å². The number of thiazole rings is 1. The van der Waals surface area contributed by atoms with Crippen LogP contribution in [0.1, 0.15) is 43.3 Å². The van der Waals surface area contributed by atoms with E-state index in [-0.39, 0.29) is 6.42 Å². The van der Waals surface area contributed by atoms with Gasteiger partial charge in [-0.25, -0.2) is 4.98 Å². The summed E-state index contributed by atoms with van der Waals surface area (Å²) >= 11 is 1.58. The van der Waals surface area contributed by atoms with Gasteiger partial charge in [0.2, 0.25) is 0 Å².